The van der Waals surface area contributed by atoms with Crippen molar-refractivity contribution in [1.82, 2.24) is 5.32 Å². The third-order valence-corrected chi connectivity index (χ3v) is 2.79. The molecule has 23 heavy (non-hydrogen) atoms. The molecule has 4 nitrogen and oxygen atoms in total. The first-order chi connectivity index (χ1) is 10.9. The maximum Gasteiger partial charge on any atom is 0.272 e. The summed E-state index contributed by atoms with van der Waals surface area (Å²) in [5.74, 6) is -2.75. The largest absolute Gasteiger partial charge is 0.322 e. The Balaban J connectivity index is 2.26. The quantitative estimate of drug-likeness (QED) is 0.852. The molecule has 0 heterocycles. The van der Waals surface area contributed by atoms with E-state index in [0.29, 0.717) is 11.6 Å². The predicted octanol–water partition coefficient (Wildman–Crippen LogP) is 3.08. The van der Waals surface area contributed by atoms with Gasteiger partial charge in [-0.2, -0.15) is 0 Å². The molecule has 0 aromatic heterocycles. The lowest BCUT2D eigenvalue weighted by Crippen LogP contribution is -2.29. The second-order valence-electron chi connectivity index (χ2n) is 4.76. The standard InChI is InChI=1S/C17H14F2N2O2/c1-11(22)20-16(7-12-5-3-2-4-6-12)17(23)21-15-9-13(18)8-14(19)10-15/h2-10H,1H3,(H,20,22)(H,21,23)/b16-7+. The highest BCUT2D eigenvalue weighted by Crippen LogP contribution is 2.14. The summed E-state index contributed by atoms with van der Waals surface area (Å²) in [5.41, 5.74) is 0.613. The van der Waals surface area contributed by atoms with Gasteiger partial charge in [0.15, 0.2) is 0 Å². The van der Waals surface area contributed by atoms with Crippen LogP contribution in [0.25, 0.3) is 6.08 Å². The summed E-state index contributed by atoms with van der Waals surface area (Å²) in [6.07, 6.45) is 1.46. The number of carbonyl (C=O) groups excluding carboxylic acids is 2. The number of nitrogens with one attached hydrogen (secondary N) is 2. The Morgan fingerprint density at radius 3 is 2.17 bits per heavy atom. The van der Waals surface area contributed by atoms with Gasteiger partial charge in [0.05, 0.1) is 0 Å². The van der Waals surface area contributed by atoms with Gasteiger partial charge < -0.3 is 10.6 Å². The van der Waals surface area contributed by atoms with Crippen molar-refractivity contribution in [3.63, 3.8) is 0 Å². The molecule has 0 aliphatic heterocycles. The number of halogens is 2. The van der Waals surface area contributed by atoms with Crippen LogP contribution >= 0.6 is 0 Å². The van der Waals surface area contributed by atoms with Crippen molar-refractivity contribution in [1.29, 1.82) is 0 Å². The zero-order valence-corrected chi connectivity index (χ0v) is 12.3. The number of carbonyl (C=O) groups is 2. The fourth-order valence-electron chi connectivity index (χ4n) is 1.89. The molecule has 2 aromatic rings. The summed E-state index contributed by atoms with van der Waals surface area (Å²) < 4.78 is 26.3. The molecule has 0 unspecified atom stereocenters. The molecule has 0 radical (unpaired) electrons. The topological polar surface area (TPSA) is 58.2 Å². The number of amides is 2. The first-order valence-corrected chi connectivity index (χ1v) is 6.76. The highest BCUT2D eigenvalue weighted by molar-refractivity contribution is 6.08. The lowest BCUT2D eigenvalue weighted by Gasteiger charge is -2.10. The van der Waals surface area contributed by atoms with Gasteiger partial charge in [-0.25, -0.2) is 8.78 Å². The van der Waals surface area contributed by atoms with E-state index in [9.17, 15) is 18.4 Å². The van der Waals surface area contributed by atoms with E-state index in [0.717, 1.165) is 12.1 Å². The normalized spacial score (nSPS) is 11.0. The second-order valence-corrected chi connectivity index (χ2v) is 4.76. The van der Waals surface area contributed by atoms with Crippen LogP contribution in [0.2, 0.25) is 0 Å². The van der Waals surface area contributed by atoms with Crippen molar-refractivity contribution in [3.8, 4) is 0 Å². The molecule has 0 atom stereocenters. The molecule has 2 aromatic carbocycles. The number of anilines is 1. The van der Waals surface area contributed by atoms with Crippen LogP contribution in [0.5, 0.6) is 0 Å². The minimum Gasteiger partial charge on any atom is -0.322 e. The lowest BCUT2D eigenvalue weighted by atomic mass is 10.2. The van der Waals surface area contributed by atoms with Crippen LogP contribution < -0.4 is 10.6 Å². The molecule has 0 aliphatic carbocycles. The SMILES string of the molecule is CC(=O)N/C(=C/c1ccccc1)C(=O)Nc1cc(F)cc(F)c1. The van der Waals surface area contributed by atoms with E-state index in [2.05, 4.69) is 10.6 Å². The van der Waals surface area contributed by atoms with Crippen molar-refractivity contribution in [2.75, 3.05) is 5.32 Å². The first-order valence-electron chi connectivity index (χ1n) is 6.76. The van der Waals surface area contributed by atoms with E-state index in [4.69, 9.17) is 0 Å². The molecular formula is C17H14F2N2O2. The number of benzene rings is 2. The van der Waals surface area contributed by atoms with Crippen LogP contribution in [0.15, 0.2) is 54.2 Å². The number of rotatable bonds is 4. The molecule has 0 aliphatic rings. The summed E-state index contributed by atoms with van der Waals surface area (Å²) in [6, 6.07) is 11.5. The van der Waals surface area contributed by atoms with Crippen LogP contribution in [-0.4, -0.2) is 11.8 Å². The Hall–Kier alpha value is -3.02. The molecule has 0 bridgehead atoms. The van der Waals surface area contributed by atoms with E-state index < -0.39 is 23.4 Å². The van der Waals surface area contributed by atoms with E-state index in [1.165, 1.54) is 13.0 Å². The number of hydrogen-bond donors (Lipinski definition) is 2. The zero-order valence-electron chi connectivity index (χ0n) is 12.3. The molecule has 2 rings (SSSR count). The Morgan fingerprint density at radius 2 is 1.61 bits per heavy atom. The van der Waals surface area contributed by atoms with Crippen LogP contribution in [0.1, 0.15) is 12.5 Å². The molecule has 0 saturated carbocycles. The summed E-state index contributed by atoms with van der Waals surface area (Å²) in [6.45, 7) is 1.26. The predicted molar refractivity (Wildman–Crippen MR) is 83.2 cm³/mol. The lowest BCUT2D eigenvalue weighted by molar-refractivity contribution is -0.120. The fraction of sp³-hybridized carbons (Fsp3) is 0.0588. The molecular weight excluding hydrogens is 302 g/mol. The average molecular weight is 316 g/mol. The summed E-state index contributed by atoms with van der Waals surface area (Å²) in [5, 5.41) is 4.75. The van der Waals surface area contributed by atoms with Crippen LogP contribution in [0, 0.1) is 11.6 Å². The van der Waals surface area contributed by atoms with E-state index in [1.54, 1.807) is 24.3 Å². The molecule has 0 spiro atoms. The van der Waals surface area contributed by atoms with Gasteiger partial charge in [0.25, 0.3) is 5.91 Å². The molecule has 0 fully saturated rings. The minimum atomic E-state index is -0.812. The smallest absolute Gasteiger partial charge is 0.272 e. The van der Waals surface area contributed by atoms with Gasteiger partial charge in [-0.1, -0.05) is 30.3 Å². The van der Waals surface area contributed by atoms with E-state index in [-0.39, 0.29) is 11.4 Å². The average Bonchev–Trinajstić information content (AvgIpc) is 2.46. The van der Waals surface area contributed by atoms with Crippen molar-refractivity contribution in [2.24, 2.45) is 0 Å². The molecule has 118 valence electrons. The summed E-state index contributed by atoms with van der Waals surface area (Å²) >= 11 is 0. The van der Waals surface area contributed by atoms with Gasteiger partial charge in [-0.3, -0.25) is 9.59 Å². The van der Waals surface area contributed by atoms with Crippen molar-refractivity contribution < 1.29 is 18.4 Å². The van der Waals surface area contributed by atoms with Gasteiger partial charge >= 0.3 is 0 Å². The molecule has 2 N–H and O–H groups in total. The fourth-order valence-corrected chi connectivity index (χ4v) is 1.89. The van der Waals surface area contributed by atoms with Gasteiger partial charge in [0.1, 0.15) is 17.3 Å². The summed E-state index contributed by atoms with van der Waals surface area (Å²) in [4.78, 5) is 23.5. The molecule has 0 saturated heterocycles. The third kappa shape index (κ3) is 5.03. The Bertz CT molecular complexity index is 738. The monoisotopic (exact) mass is 316 g/mol. The maximum absolute atomic E-state index is 13.2. The van der Waals surface area contributed by atoms with Crippen LogP contribution in [0.3, 0.4) is 0 Å². The minimum absolute atomic E-state index is 0.0339. The number of hydrogen-bond acceptors (Lipinski definition) is 2. The third-order valence-electron chi connectivity index (χ3n) is 2.79. The molecule has 6 heteroatoms. The highest BCUT2D eigenvalue weighted by Gasteiger charge is 2.12. The maximum atomic E-state index is 13.2. The highest BCUT2D eigenvalue weighted by atomic mass is 19.1. The van der Waals surface area contributed by atoms with Crippen LogP contribution in [0.4, 0.5) is 14.5 Å². The summed E-state index contributed by atoms with van der Waals surface area (Å²) in [7, 11) is 0. The van der Waals surface area contributed by atoms with Gasteiger partial charge in [-0.05, 0) is 23.8 Å². The Labute approximate surface area is 131 Å². The Morgan fingerprint density at radius 1 is 1.00 bits per heavy atom. The van der Waals surface area contributed by atoms with E-state index >= 15 is 0 Å². The Kier molecular flexibility index (Phi) is 5.19. The second kappa shape index (κ2) is 7.31. The van der Waals surface area contributed by atoms with Gasteiger partial charge in [0, 0.05) is 18.7 Å². The first kappa shape index (κ1) is 16.4. The van der Waals surface area contributed by atoms with Gasteiger partial charge in [0.2, 0.25) is 5.91 Å². The van der Waals surface area contributed by atoms with E-state index in [1.807, 2.05) is 6.07 Å². The van der Waals surface area contributed by atoms with Crippen molar-refractivity contribution in [3.05, 3.63) is 71.4 Å². The van der Waals surface area contributed by atoms with Gasteiger partial charge in [-0.15, -0.1) is 0 Å². The van der Waals surface area contributed by atoms with Crippen LogP contribution in [-0.2, 0) is 9.59 Å². The molecule has 2 amide bonds. The van der Waals surface area contributed by atoms with Crippen molar-refractivity contribution in [2.45, 2.75) is 6.92 Å². The zero-order chi connectivity index (χ0) is 16.8. The van der Waals surface area contributed by atoms with Crippen molar-refractivity contribution >= 4 is 23.6 Å².